The maximum absolute atomic E-state index is 12.3. The van der Waals surface area contributed by atoms with Gasteiger partial charge in [-0.2, -0.15) is 0 Å². The molecule has 3 atom stereocenters. The van der Waals surface area contributed by atoms with Crippen molar-refractivity contribution < 1.29 is 37.9 Å². The van der Waals surface area contributed by atoms with Crippen LogP contribution in [0.3, 0.4) is 0 Å². The molecule has 0 saturated heterocycles. The molecule has 0 aromatic rings. The van der Waals surface area contributed by atoms with Crippen LogP contribution in [0.1, 0.15) is 220 Å². The largest absolute Gasteiger partial charge is 0.469 e. The SMILES string of the molecule is CCC(C)CCCCCCCCCCCCCCCCCCCCC(=O)OC[C@H](COP(=O)(O)O)OC(=O)CCCCCCCCC(C)CC. The van der Waals surface area contributed by atoms with Crippen molar-refractivity contribution in [3.05, 3.63) is 0 Å². The lowest BCUT2D eigenvalue weighted by molar-refractivity contribution is -0.161. The number of esters is 2. The van der Waals surface area contributed by atoms with Crippen molar-refractivity contribution in [2.45, 2.75) is 226 Å². The minimum absolute atomic E-state index is 0.215. The number of carbonyl (C=O) groups excluding carboxylic acids is 2. The lowest BCUT2D eigenvalue weighted by Crippen LogP contribution is -2.29. The molecule has 0 bridgehead atoms. The summed E-state index contributed by atoms with van der Waals surface area (Å²) in [5.74, 6) is 0.808. The van der Waals surface area contributed by atoms with Crippen LogP contribution in [0.2, 0.25) is 0 Å². The van der Waals surface area contributed by atoms with Gasteiger partial charge >= 0.3 is 19.8 Å². The second-order valence-electron chi connectivity index (χ2n) is 15.2. The molecule has 2 unspecified atom stereocenters. The molecule has 0 spiro atoms. The van der Waals surface area contributed by atoms with Gasteiger partial charge in [-0.1, -0.05) is 195 Å². The molecular formula is C41H81O8P. The molecule has 9 heteroatoms. The topological polar surface area (TPSA) is 119 Å². The Balaban J connectivity index is 3.79. The van der Waals surface area contributed by atoms with E-state index in [4.69, 9.17) is 19.3 Å². The molecule has 0 amide bonds. The van der Waals surface area contributed by atoms with Crippen LogP contribution in [0.5, 0.6) is 0 Å². The zero-order chi connectivity index (χ0) is 37.1. The van der Waals surface area contributed by atoms with E-state index in [2.05, 4.69) is 32.2 Å². The highest BCUT2D eigenvalue weighted by Gasteiger charge is 2.23. The first-order valence-corrected chi connectivity index (χ1v) is 22.7. The monoisotopic (exact) mass is 733 g/mol. The van der Waals surface area contributed by atoms with Crippen molar-refractivity contribution in [3.8, 4) is 0 Å². The number of hydrogen-bond acceptors (Lipinski definition) is 6. The maximum atomic E-state index is 12.3. The summed E-state index contributed by atoms with van der Waals surface area (Å²) in [5.41, 5.74) is 0. The minimum atomic E-state index is -4.74. The molecule has 0 radical (unpaired) electrons. The average molecular weight is 733 g/mol. The van der Waals surface area contributed by atoms with Gasteiger partial charge in [-0.15, -0.1) is 0 Å². The van der Waals surface area contributed by atoms with Crippen LogP contribution >= 0.6 is 7.82 Å². The Hall–Kier alpha value is -0.950. The second kappa shape index (κ2) is 35.1. The van der Waals surface area contributed by atoms with Gasteiger partial charge in [-0.25, -0.2) is 4.57 Å². The van der Waals surface area contributed by atoms with Gasteiger partial charge in [0.2, 0.25) is 0 Å². The number of phosphoric acid groups is 1. The lowest BCUT2D eigenvalue weighted by Gasteiger charge is -2.18. The predicted molar refractivity (Wildman–Crippen MR) is 207 cm³/mol. The smallest absolute Gasteiger partial charge is 0.462 e. The highest BCUT2D eigenvalue weighted by molar-refractivity contribution is 7.46. The average Bonchev–Trinajstić information content (AvgIpc) is 3.08. The number of unbranched alkanes of at least 4 members (excludes halogenated alkanes) is 22. The lowest BCUT2D eigenvalue weighted by atomic mass is 9.99. The molecule has 0 aliphatic rings. The van der Waals surface area contributed by atoms with Crippen molar-refractivity contribution in [2.24, 2.45) is 11.8 Å². The van der Waals surface area contributed by atoms with Gasteiger partial charge in [0.15, 0.2) is 6.10 Å². The predicted octanol–water partition coefficient (Wildman–Crippen LogP) is 12.6. The molecule has 0 aliphatic heterocycles. The van der Waals surface area contributed by atoms with Gasteiger partial charge in [0.25, 0.3) is 0 Å². The molecule has 0 aromatic carbocycles. The Bertz CT molecular complexity index is 816. The Morgan fingerprint density at radius 1 is 0.500 bits per heavy atom. The fourth-order valence-electron chi connectivity index (χ4n) is 6.27. The summed E-state index contributed by atoms with van der Waals surface area (Å²) in [5, 5.41) is 0. The van der Waals surface area contributed by atoms with E-state index in [-0.39, 0.29) is 19.4 Å². The van der Waals surface area contributed by atoms with Gasteiger partial charge in [0.05, 0.1) is 6.61 Å². The van der Waals surface area contributed by atoms with Crippen LogP contribution < -0.4 is 0 Å². The fraction of sp³-hybridized carbons (Fsp3) is 0.951. The second-order valence-corrected chi connectivity index (χ2v) is 16.4. The van der Waals surface area contributed by atoms with Gasteiger partial charge < -0.3 is 19.3 Å². The molecule has 50 heavy (non-hydrogen) atoms. The Kier molecular flexibility index (Phi) is 34.4. The van der Waals surface area contributed by atoms with Gasteiger partial charge in [-0.05, 0) is 24.7 Å². The third-order valence-electron chi connectivity index (χ3n) is 10.2. The first-order valence-electron chi connectivity index (χ1n) is 21.1. The van der Waals surface area contributed by atoms with E-state index in [1.807, 2.05) is 0 Å². The first-order chi connectivity index (χ1) is 24.1. The van der Waals surface area contributed by atoms with E-state index in [1.54, 1.807) is 0 Å². The summed E-state index contributed by atoms with van der Waals surface area (Å²) in [6.07, 6.45) is 34.1. The van der Waals surface area contributed by atoms with Crippen LogP contribution in [0.4, 0.5) is 0 Å². The number of rotatable bonds is 38. The van der Waals surface area contributed by atoms with Crippen LogP contribution in [-0.4, -0.2) is 41.0 Å². The molecule has 0 aliphatic carbocycles. The molecule has 0 fully saturated rings. The third kappa shape index (κ3) is 36.8. The molecular weight excluding hydrogens is 651 g/mol. The van der Waals surface area contributed by atoms with Crippen molar-refractivity contribution in [1.29, 1.82) is 0 Å². The third-order valence-corrected chi connectivity index (χ3v) is 10.7. The van der Waals surface area contributed by atoms with E-state index in [0.29, 0.717) is 6.42 Å². The van der Waals surface area contributed by atoms with E-state index < -0.39 is 32.5 Å². The van der Waals surface area contributed by atoms with Crippen molar-refractivity contribution >= 4 is 19.8 Å². The van der Waals surface area contributed by atoms with Crippen LogP contribution in [0.25, 0.3) is 0 Å². The molecule has 2 N–H and O–H groups in total. The summed E-state index contributed by atoms with van der Waals surface area (Å²) >= 11 is 0. The van der Waals surface area contributed by atoms with Crippen LogP contribution in [0, 0.1) is 11.8 Å². The molecule has 0 saturated carbocycles. The van der Waals surface area contributed by atoms with E-state index in [1.165, 1.54) is 135 Å². The number of ether oxygens (including phenoxy) is 2. The molecule has 0 rings (SSSR count). The van der Waals surface area contributed by atoms with E-state index in [9.17, 15) is 14.2 Å². The van der Waals surface area contributed by atoms with Crippen molar-refractivity contribution in [2.75, 3.05) is 13.2 Å². The highest BCUT2D eigenvalue weighted by Crippen LogP contribution is 2.36. The van der Waals surface area contributed by atoms with Gasteiger partial charge in [-0.3, -0.25) is 14.1 Å². The Morgan fingerprint density at radius 3 is 1.16 bits per heavy atom. The number of hydrogen-bond donors (Lipinski definition) is 2. The van der Waals surface area contributed by atoms with Gasteiger partial charge in [0, 0.05) is 12.8 Å². The first kappa shape index (κ1) is 49.0. The fourth-order valence-corrected chi connectivity index (χ4v) is 6.63. The standard InChI is InChI=1S/C41H81O8P/c1-5-37(3)31-27-23-19-17-15-13-11-9-7-8-10-12-14-16-18-20-25-29-33-40(42)47-35-39(36-48-50(44,45)46)49-41(43)34-30-26-22-21-24-28-32-38(4)6-2/h37-39H,5-36H2,1-4H3,(H2,44,45,46)/t37?,38?,39-/m1/s1. The number of phosphoric ester groups is 1. The molecule has 0 heterocycles. The summed E-state index contributed by atoms with van der Waals surface area (Å²) in [6.45, 7) is 8.37. The zero-order valence-corrected chi connectivity index (χ0v) is 34.0. The molecule has 8 nitrogen and oxygen atoms in total. The maximum Gasteiger partial charge on any atom is 0.469 e. The van der Waals surface area contributed by atoms with E-state index in [0.717, 1.165) is 50.4 Å². The van der Waals surface area contributed by atoms with Crippen LogP contribution in [-0.2, 0) is 28.2 Å². The highest BCUT2D eigenvalue weighted by atomic mass is 31.2. The summed E-state index contributed by atoms with van der Waals surface area (Å²) < 4.78 is 26.3. The normalized spacial score (nSPS) is 13.6. The Morgan fingerprint density at radius 2 is 0.820 bits per heavy atom. The van der Waals surface area contributed by atoms with Crippen molar-refractivity contribution in [3.63, 3.8) is 0 Å². The Labute approximate surface area is 308 Å². The summed E-state index contributed by atoms with van der Waals surface area (Å²) in [7, 11) is -4.74. The number of carbonyl (C=O) groups is 2. The van der Waals surface area contributed by atoms with E-state index >= 15 is 0 Å². The van der Waals surface area contributed by atoms with Gasteiger partial charge in [0.1, 0.15) is 6.61 Å². The zero-order valence-electron chi connectivity index (χ0n) is 33.2. The molecule has 298 valence electrons. The van der Waals surface area contributed by atoms with Crippen LogP contribution in [0.15, 0.2) is 0 Å². The summed E-state index contributed by atoms with van der Waals surface area (Å²) in [4.78, 5) is 42.7. The molecule has 0 aromatic heterocycles. The quantitative estimate of drug-likeness (QED) is 0.0366. The minimum Gasteiger partial charge on any atom is -0.462 e. The summed E-state index contributed by atoms with van der Waals surface area (Å²) in [6, 6.07) is 0. The van der Waals surface area contributed by atoms with Crippen molar-refractivity contribution in [1.82, 2.24) is 0 Å².